The van der Waals surface area contributed by atoms with Crippen molar-refractivity contribution in [3.05, 3.63) is 105 Å². The Labute approximate surface area is 180 Å². The van der Waals surface area contributed by atoms with Crippen molar-refractivity contribution in [2.24, 2.45) is 0 Å². The van der Waals surface area contributed by atoms with Gasteiger partial charge in [0.1, 0.15) is 18.0 Å². The Morgan fingerprint density at radius 1 is 1.00 bits per heavy atom. The Hall–Kier alpha value is -3.93. The van der Waals surface area contributed by atoms with Crippen LogP contribution in [0.15, 0.2) is 71.7 Å². The minimum absolute atomic E-state index is 0.149. The molecule has 0 atom stereocenters. The number of ether oxygens (including phenoxy) is 1. The fourth-order valence-corrected chi connectivity index (χ4v) is 3.34. The van der Waals surface area contributed by atoms with Crippen molar-refractivity contribution >= 4 is 17.2 Å². The highest BCUT2D eigenvalue weighted by Crippen LogP contribution is 2.24. The average Bonchev–Trinajstić information content (AvgIpc) is 2.74. The predicted octanol–water partition coefficient (Wildman–Crippen LogP) is 4.45. The zero-order valence-corrected chi connectivity index (χ0v) is 17.7. The van der Waals surface area contributed by atoms with Crippen LogP contribution >= 0.6 is 0 Å². The molecule has 2 aromatic carbocycles. The molecule has 0 radical (unpaired) electrons. The number of rotatable bonds is 5. The van der Waals surface area contributed by atoms with Gasteiger partial charge in [0.15, 0.2) is 0 Å². The molecule has 0 saturated carbocycles. The lowest BCUT2D eigenvalue weighted by Gasteiger charge is -2.13. The van der Waals surface area contributed by atoms with Crippen molar-refractivity contribution in [3.63, 3.8) is 0 Å². The number of amides is 1. The summed E-state index contributed by atoms with van der Waals surface area (Å²) >= 11 is 0. The summed E-state index contributed by atoms with van der Waals surface area (Å²) in [7, 11) is 0. The Kier molecular flexibility index (Phi) is 5.54. The summed E-state index contributed by atoms with van der Waals surface area (Å²) in [5.41, 5.74) is 5.09. The maximum Gasteiger partial charge on any atom is 0.258 e. The molecule has 156 valence electrons. The molecule has 0 unspecified atom stereocenters. The SMILES string of the molecule is Cc1ccn2c(=O)cc(COc3cc(NC(=O)c4ccccc4C)ccc3C)nc2c1. The lowest BCUT2D eigenvalue weighted by molar-refractivity contribution is 0.102. The number of benzene rings is 2. The molecule has 0 bridgehead atoms. The van der Waals surface area contributed by atoms with Crippen LogP contribution in [-0.2, 0) is 6.61 Å². The highest BCUT2D eigenvalue weighted by molar-refractivity contribution is 6.05. The normalized spacial score (nSPS) is 10.8. The van der Waals surface area contributed by atoms with Crippen LogP contribution in [0.3, 0.4) is 0 Å². The topological polar surface area (TPSA) is 72.7 Å². The standard InChI is InChI=1S/C25H23N3O3/c1-16-10-11-28-23(12-16)26-20(14-24(28)29)15-31-22-13-19(9-8-18(22)3)27-25(30)21-7-5-4-6-17(21)2/h4-14H,15H2,1-3H3,(H,27,30). The molecule has 4 rings (SSSR count). The van der Waals surface area contributed by atoms with Crippen LogP contribution in [0.1, 0.15) is 32.7 Å². The van der Waals surface area contributed by atoms with Gasteiger partial charge in [-0.15, -0.1) is 0 Å². The zero-order chi connectivity index (χ0) is 22.0. The largest absolute Gasteiger partial charge is 0.487 e. The minimum Gasteiger partial charge on any atom is -0.487 e. The maximum atomic E-state index is 12.6. The molecule has 4 aromatic rings. The third-order valence-electron chi connectivity index (χ3n) is 5.09. The van der Waals surface area contributed by atoms with E-state index < -0.39 is 0 Å². The average molecular weight is 413 g/mol. The molecule has 2 heterocycles. The molecule has 0 aliphatic carbocycles. The summed E-state index contributed by atoms with van der Waals surface area (Å²) in [5.74, 6) is 0.446. The first-order chi connectivity index (χ1) is 14.9. The number of fused-ring (bicyclic) bond motifs is 1. The quantitative estimate of drug-likeness (QED) is 0.525. The van der Waals surface area contributed by atoms with Gasteiger partial charge >= 0.3 is 0 Å². The second kappa shape index (κ2) is 8.44. The van der Waals surface area contributed by atoms with E-state index in [4.69, 9.17) is 4.74 Å². The summed E-state index contributed by atoms with van der Waals surface area (Å²) in [6, 6.07) is 18.1. The Morgan fingerprint density at radius 2 is 1.81 bits per heavy atom. The van der Waals surface area contributed by atoms with Crippen molar-refractivity contribution in [1.82, 2.24) is 9.38 Å². The smallest absolute Gasteiger partial charge is 0.258 e. The van der Waals surface area contributed by atoms with Gasteiger partial charge in [-0.2, -0.15) is 0 Å². The van der Waals surface area contributed by atoms with E-state index in [1.54, 1.807) is 18.3 Å². The molecule has 0 spiro atoms. The first-order valence-electron chi connectivity index (χ1n) is 10.00. The predicted molar refractivity (Wildman–Crippen MR) is 121 cm³/mol. The first-order valence-corrected chi connectivity index (χ1v) is 10.00. The first kappa shape index (κ1) is 20.3. The molecular formula is C25H23N3O3. The fourth-order valence-electron chi connectivity index (χ4n) is 3.34. The number of nitrogens with zero attached hydrogens (tertiary/aromatic N) is 2. The third-order valence-corrected chi connectivity index (χ3v) is 5.09. The van der Waals surface area contributed by atoms with Gasteiger partial charge < -0.3 is 10.1 Å². The lowest BCUT2D eigenvalue weighted by Crippen LogP contribution is -2.16. The van der Waals surface area contributed by atoms with E-state index in [2.05, 4.69) is 10.3 Å². The minimum atomic E-state index is -0.174. The van der Waals surface area contributed by atoms with E-state index in [9.17, 15) is 9.59 Å². The number of anilines is 1. The number of nitrogens with one attached hydrogen (secondary N) is 1. The van der Waals surface area contributed by atoms with Gasteiger partial charge in [-0.3, -0.25) is 14.0 Å². The second-order valence-corrected chi connectivity index (χ2v) is 7.56. The second-order valence-electron chi connectivity index (χ2n) is 7.56. The number of aromatic nitrogens is 2. The van der Waals surface area contributed by atoms with Gasteiger partial charge in [-0.25, -0.2) is 4.98 Å². The molecule has 0 saturated heterocycles. The van der Waals surface area contributed by atoms with E-state index in [1.807, 2.05) is 63.2 Å². The van der Waals surface area contributed by atoms with Gasteiger partial charge in [0.25, 0.3) is 11.5 Å². The molecule has 31 heavy (non-hydrogen) atoms. The van der Waals surface area contributed by atoms with Gasteiger partial charge in [0.2, 0.25) is 0 Å². The molecule has 6 nitrogen and oxygen atoms in total. The van der Waals surface area contributed by atoms with Crippen molar-refractivity contribution in [1.29, 1.82) is 0 Å². The highest BCUT2D eigenvalue weighted by atomic mass is 16.5. The van der Waals surface area contributed by atoms with Crippen LogP contribution in [0.4, 0.5) is 5.69 Å². The van der Waals surface area contributed by atoms with Crippen LogP contribution in [0.5, 0.6) is 5.75 Å². The van der Waals surface area contributed by atoms with E-state index in [-0.39, 0.29) is 18.1 Å². The molecule has 6 heteroatoms. The van der Waals surface area contributed by atoms with Crippen molar-refractivity contribution < 1.29 is 9.53 Å². The number of hydrogen-bond donors (Lipinski definition) is 1. The molecule has 1 amide bonds. The van der Waals surface area contributed by atoms with Gasteiger partial charge in [0.05, 0.1) is 5.69 Å². The zero-order valence-electron chi connectivity index (χ0n) is 17.7. The fraction of sp³-hybridized carbons (Fsp3) is 0.160. The lowest BCUT2D eigenvalue weighted by atomic mass is 10.1. The van der Waals surface area contributed by atoms with Crippen LogP contribution in [0, 0.1) is 20.8 Å². The van der Waals surface area contributed by atoms with Gasteiger partial charge in [-0.05, 0) is 61.7 Å². The molecule has 0 aliphatic heterocycles. The monoisotopic (exact) mass is 413 g/mol. The van der Waals surface area contributed by atoms with Crippen LogP contribution < -0.4 is 15.6 Å². The van der Waals surface area contributed by atoms with E-state index in [0.717, 1.165) is 16.7 Å². The molecule has 0 fully saturated rings. The third kappa shape index (κ3) is 4.48. The molecule has 0 aliphatic rings. The summed E-state index contributed by atoms with van der Waals surface area (Å²) in [6.45, 7) is 5.93. The summed E-state index contributed by atoms with van der Waals surface area (Å²) < 4.78 is 7.45. The van der Waals surface area contributed by atoms with Crippen LogP contribution in [0.25, 0.3) is 5.65 Å². The summed E-state index contributed by atoms with van der Waals surface area (Å²) in [5, 5.41) is 2.92. The molecule has 2 aromatic heterocycles. The summed E-state index contributed by atoms with van der Waals surface area (Å²) in [4.78, 5) is 29.5. The Bertz CT molecular complexity index is 1340. The van der Waals surface area contributed by atoms with Crippen molar-refractivity contribution in [2.75, 3.05) is 5.32 Å². The van der Waals surface area contributed by atoms with E-state index in [0.29, 0.717) is 28.3 Å². The van der Waals surface area contributed by atoms with E-state index in [1.165, 1.54) is 10.5 Å². The number of pyridine rings is 1. The number of hydrogen-bond acceptors (Lipinski definition) is 4. The Balaban J connectivity index is 1.53. The highest BCUT2D eigenvalue weighted by Gasteiger charge is 2.11. The van der Waals surface area contributed by atoms with Crippen molar-refractivity contribution in [3.8, 4) is 5.75 Å². The van der Waals surface area contributed by atoms with Crippen LogP contribution in [-0.4, -0.2) is 15.3 Å². The number of aryl methyl sites for hydroxylation is 3. The number of carbonyl (C=O) groups is 1. The van der Waals surface area contributed by atoms with Crippen molar-refractivity contribution in [2.45, 2.75) is 27.4 Å². The van der Waals surface area contributed by atoms with E-state index >= 15 is 0 Å². The number of carbonyl (C=O) groups excluding carboxylic acids is 1. The van der Waals surface area contributed by atoms with Crippen LogP contribution in [0.2, 0.25) is 0 Å². The molecule has 1 N–H and O–H groups in total. The maximum absolute atomic E-state index is 12.6. The van der Waals surface area contributed by atoms with Gasteiger partial charge in [0, 0.05) is 29.6 Å². The summed E-state index contributed by atoms with van der Waals surface area (Å²) in [6.07, 6.45) is 1.72. The Morgan fingerprint density at radius 3 is 2.61 bits per heavy atom. The van der Waals surface area contributed by atoms with Gasteiger partial charge in [-0.1, -0.05) is 24.3 Å². The molecular weight excluding hydrogens is 390 g/mol.